The molecule has 0 aromatic rings. The molecule has 6 heteroatoms. The Morgan fingerprint density at radius 2 is 0.889 bits per heavy atom. The molecule has 0 unspecified atom stereocenters. The molecule has 0 saturated heterocycles. The molecule has 2 amide bonds. The van der Waals surface area contributed by atoms with E-state index in [0.29, 0.717) is 22.0 Å². The Labute approximate surface area is 176 Å². The van der Waals surface area contributed by atoms with E-state index < -0.39 is 0 Å². The zero-order chi connectivity index (χ0) is 20.3. The number of hydrogen-bond donors (Lipinski definition) is 2. The van der Waals surface area contributed by atoms with Gasteiger partial charge in [0, 0.05) is 13.1 Å². The molecule has 27 heavy (non-hydrogen) atoms. The van der Waals surface area contributed by atoms with Crippen LogP contribution in [-0.2, 0) is 9.59 Å². The standard InChI is InChI=1S/C21H42N2O2S2/c1-18(2)26-16-20(24)22-14-12-10-8-6-5-7-9-11-13-15-23-21(25)17-27-19(3)4/h18-19H,5-17H2,1-4H3,(H,22,24)(H,23,25). The van der Waals surface area contributed by atoms with Crippen LogP contribution in [0.2, 0.25) is 0 Å². The van der Waals surface area contributed by atoms with Crippen molar-refractivity contribution in [2.24, 2.45) is 0 Å². The van der Waals surface area contributed by atoms with Gasteiger partial charge in [-0.05, 0) is 23.3 Å². The summed E-state index contributed by atoms with van der Waals surface area (Å²) in [5.41, 5.74) is 0. The minimum atomic E-state index is 0.170. The van der Waals surface area contributed by atoms with E-state index in [4.69, 9.17) is 0 Å². The van der Waals surface area contributed by atoms with Crippen molar-refractivity contribution in [3.05, 3.63) is 0 Å². The Hall–Kier alpha value is -0.360. The molecule has 0 atom stereocenters. The molecule has 0 aliphatic carbocycles. The first-order chi connectivity index (χ1) is 12.9. The van der Waals surface area contributed by atoms with Gasteiger partial charge in [0.05, 0.1) is 11.5 Å². The lowest BCUT2D eigenvalue weighted by Crippen LogP contribution is -2.26. The monoisotopic (exact) mass is 418 g/mol. The Balaban J connectivity index is 3.21. The van der Waals surface area contributed by atoms with E-state index in [0.717, 1.165) is 25.9 Å². The lowest BCUT2D eigenvalue weighted by Gasteiger charge is -2.07. The number of amides is 2. The van der Waals surface area contributed by atoms with Crippen LogP contribution in [0.25, 0.3) is 0 Å². The van der Waals surface area contributed by atoms with Crippen molar-refractivity contribution in [2.45, 2.75) is 96.0 Å². The number of carbonyl (C=O) groups is 2. The summed E-state index contributed by atoms with van der Waals surface area (Å²) in [7, 11) is 0. The van der Waals surface area contributed by atoms with Crippen molar-refractivity contribution in [1.29, 1.82) is 0 Å². The third kappa shape index (κ3) is 21.8. The number of thioether (sulfide) groups is 2. The lowest BCUT2D eigenvalue weighted by molar-refractivity contribution is -0.119. The highest BCUT2D eigenvalue weighted by Gasteiger charge is 2.03. The molecule has 0 fully saturated rings. The van der Waals surface area contributed by atoms with Crippen LogP contribution >= 0.6 is 23.5 Å². The second-order valence-corrected chi connectivity index (χ2v) is 10.7. The van der Waals surface area contributed by atoms with Crippen LogP contribution in [-0.4, -0.2) is 46.9 Å². The molecule has 0 aromatic heterocycles. The molecule has 0 aliphatic rings. The first-order valence-corrected chi connectivity index (χ1v) is 12.8. The predicted molar refractivity (Wildman–Crippen MR) is 123 cm³/mol. The second-order valence-electron chi connectivity index (χ2n) is 7.60. The number of nitrogens with one attached hydrogen (secondary N) is 2. The van der Waals surface area contributed by atoms with E-state index in [1.54, 1.807) is 23.5 Å². The molecular formula is C21H42N2O2S2. The van der Waals surface area contributed by atoms with Gasteiger partial charge in [-0.2, -0.15) is 0 Å². The van der Waals surface area contributed by atoms with E-state index in [9.17, 15) is 9.59 Å². The number of unbranched alkanes of at least 4 members (excludes halogenated alkanes) is 8. The fraction of sp³-hybridized carbons (Fsp3) is 0.905. The maximum atomic E-state index is 11.6. The summed E-state index contributed by atoms with van der Waals surface area (Å²) in [5, 5.41) is 7.03. The van der Waals surface area contributed by atoms with Crippen molar-refractivity contribution < 1.29 is 9.59 Å². The van der Waals surface area contributed by atoms with E-state index in [1.165, 1.54) is 44.9 Å². The third-order valence-electron chi connectivity index (χ3n) is 4.09. The smallest absolute Gasteiger partial charge is 0.230 e. The fourth-order valence-electron chi connectivity index (χ4n) is 2.53. The average Bonchev–Trinajstić information content (AvgIpc) is 2.62. The average molecular weight is 419 g/mol. The first-order valence-electron chi connectivity index (χ1n) is 10.7. The zero-order valence-corrected chi connectivity index (χ0v) is 19.6. The lowest BCUT2D eigenvalue weighted by atomic mass is 10.1. The molecule has 0 rings (SSSR count). The van der Waals surface area contributed by atoms with Crippen molar-refractivity contribution in [2.75, 3.05) is 24.6 Å². The summed E-state index contributed by atoms with van der Waals surface area (Å²) in [4.78, 5) is 23.1. The largest absolute Gasteiger partial charge is 0.355 e. The second kappa shape index (κ2) is 19.0. The molecule has 0 heterocycles. The SMILES string of the molecule is CC(C)SCC(=O)NCCCCCCCCCCCNC(=O)CSC(C)C. The summed E-state index contributed by atoms with van der Waals surface area (Å²) in [6, 6.07) is 0. The molecule has 4 nitrogen and oxygen atoms in total. The maximum Gasteiger partial charge on any atom is 0.230 e. The van der Waals surface area contributed by atoms with E-state index in [-0.39, 0.29) is 11.8 Å². The van der Waals surface area contributed by atoms with Gasteiger partial charge in [0.1, 0.15) is 0 Å². The quantitative estimate of drug-likeness (QED) is 0.307. The van der Waals surface area contributed by atoms with Crippen molar-refractivity contribution >= 4 is 35.3 Å². The Kier molecular flexibility index (Phi) is 18.7. The Morgan fingerprint density at radius 3 is 1.19 bits per heavy atom. The maximum absolute atomic E-state index is 11.6. The highest BCUT2D eigenvalue weighted by molar-refractivity contribution is 8.00. The number of rotatable bonds is 18. The molecule has 0 aromatic carbocycles. The summed E-state index contributed by atoms with van der Waals surface area (Å²) in [6.45, 7) is 10.1. The Bertz CT molecular complexity index is 343. The fourth-order valence-corrected chi connectivity index (χ4v) is 3.70. The van der Waals surface area contributed by atoms with E-state index in [2.05, 4.69) is 38.3 Å². The molecule has 0 bridgehead atoms. The number of carbonyl (C=O) groups excluding carboxylic acids is 2. The molecule has 0 radical (unpaired) electrons. The highest BCUT2D eigenvalue weighted by atomic mass is 32.2. The van der Waals surface area contributed by atoms with Gasteiger partial charge in [0.15, 0.2) is 0 Å². The van der Waals surface area contributed by atoms with Crippen LogP contribution in [0.1, 0.15) is 85.5 Å². The van der Waals surface area contributed by atoms with Crippen LogP contribution < -0.4 is 10.6 Å². The first kappa shape index (κ1) is 26.6. The van der Waals surface area contributed by atoms with Gasteiger partial charge >= 0.3 is 0 Å². The van der Waals surface area contributed by atoms with Gasteiger partial charge in [-0.1, -0.05) is 72.6 Å². The van der Waals surface area contributed by atoms with Crippen molar-refractivity contribution in [3.8, 4) is 0 Å². The minimum Gasteiger partial charge on any atom is -0.355 e. The van der Waals surface area contributed by atoms with Crippen LogP contribution in [0.4, 0.5) is 0 Å². The van der Waals surface area contributed by atoms with Gasteiger partial charge in [-0.15, -0.1) is 23.5 Å². The third-order valence-corrected chi connectivity index (χ3v) is 6.28. The van der Waals surface area contributed by atoms with Crippen LogP contribution in [0.3, 0.4) is 0 Å². The minimum absolute atomic E-state index is 0.170. The molecule has 0 saturated carbocycles. The van der Waals surface area contributed by atoms with Gasteiger partial charge < -0.3 is 10.6 Å². The highest BCUT2D eigenvalue weighted by Crippen LogP contribution is 2.10. The molecular weight excluding hydrogens is 376 g/mol. The van der Waals surface area contributed by atoms with Crippen LogP contribution in [0, 0.1) is 0 Å². The topological polar surface area (TPSA) is 58.2 Å². The van der Waals surface area contributed by atoms with Gasteiger partial charge in [-0.3, -0.25) is 9.59 Å². The predicted octanol–water partition coefficient (Wildman–Crippen LogP) is 5.01. The van der Waals surface area contributed by atoms with Crippen LogP contribution in [0.5, 0.6) is 0 Å². The molecule has 0 spiro atoms. The van der Waals surface area contributed by atoms with Gasteiger partial charge in [0.25, 0.3) is 0 Å². The number of hydrogen-bond acceptors (Lipinski definition) is 4. The summed E-state index contributed by atoms with van der Waals surface area (Å²) >= 11 is 3.39. The van der Waals surface area contributed by atoms with Crippen molar-refractivity contribution in [1.82, 2.24) is 10.6 Å². The van der Waals surface area contributed by atoms with E-state index >= 15 is 0 Å². The summed E-state index contributed by atoms with van der Waals surface area (Å²) in [5.74, 6) is 1.50. The Morgan fingerprint density at radius 1 is 0.593 bits per heavy atom. The molecule has 0 aliphatic heterocycles. The van der Waals surface area contributed by atoms with E-state index in [1.807, 2.05) is 0 Å². The molecule has 160 valence electrons. The summed E-state index contributed by atoms with van der Waals surface area (Å²) in [6.07, 6.45) is 11.0. The van der Waals surface area contributed by atoms with Crippen molar-refractivity contribution in [3.63, 3.8) is 0 Å². The molecule has 2 N–H and O–H groups in total. The summed E-state index contributed by atoms with van der Waals surface area (Å²) < 4.78 is 0. The van der Waals surface area contributed by atoms with Gasteiger partial charge in [0.2, 0.25) is 11.8 Å². The normalized spacial score (nSPS) is 11.2. The van der Waals surface area contributed by atoms with Crippen LogP contribution in [0.15, 0.2) is 0 Å². The van der Waals surface area contributed by atoms with Gasteiger partial charge in [-0.25, -0.2) is 0 Å². The zero-order valence-electron chi connectivity index (χ0n) is 18.0.